The summed E-state index contributed by atoms with van der Waals surface area (Å²) < 4.78 is 23.0. The van der Waals surface area contributed by atoms with Crippen LogP contribution in [-0.4, -0.2) is 75.4 Å². The summed E-state index contributed by atoms with van der Waals surface area (Å²) in [6.45, 7) is 5.31. The second-order valence-corrected chi connectivity index (χ2v) is 10.9. The summed E-state index contributed by atoms with van der Waals surface area (Å²) in [5.74, 6) is 1.96. The molecule has 3 aliphatic rings. The lowest BCUT2D eigenvalue weighted by Crippen LogP contribution is -2.48. The number of piperidine rings is 2. The second kappa shape index (κ2) is 12.4. The van der Waals surface area contributed by atoms with E-state index in [1.165, 1.54) is 39.3 Å². The molecule has 1 atom stereocenters. The lowest BCUT2D eigenvalue weighted by Gasteiger charge is -2.39. The molecule has 0 aromatic heterocycles. The van der Waals surface area contributed by atoms with Gasteiger partial charge in [0, 0.05) is 31.6 Å². The standard InChI is InChI=1S/C31H41N3O6/c1-20(35)32-26-11-8-21-18-23(40-31(36)34-16-12-22(13-17-34)33-14-6-5-7-15-33)9-10-24(21)28-25(26)19-27(37-2)29(38-3)30(28)39-4/h9-10,18-19,22,26H,5-8,11-17H2,1-4H3,(H,32,35). The molecule has 0 spiro atoms. The maximum atomic E-state index is 13.1. The summed E-state index contributed by atoms with van der Waals surface area (Å²) in [6.07, 6.45) is 6.92. The van der Waals surface area contributed by atoms with Crippen molar-refractivity contribution in [3.8, 4) is 34.1 Å². The van der Waals surface area contributed by atoms with Gasteiger partial charge in [-0.3, -0.25) is 4.79 Å². The lowest BCUT2D eigenvalue weighted by molar-refractivity contribution is -0.119. The van der Waals surface area contributed by atoms with E-state index in [1.54, 1.807) is 21.3 Å². The molecule has 0 saturated carbocycles. The number of amides is 2. The third-order valence-corrected chi connectivity index (χ3v) is 8.50. The molecule has 9 heteroatoms. The number of fused-ring (bicyclic) bond motifs is 3. The van der Waals surface area contributed by atoms with Crippen LogP contribution < -0.4 is 24.3 Å². The monoisotopic (exact) mass is 551 g/mol. The predicted octanol–water partition coefficient (Wildman–Crippen LogP) is 4.95. The van der Waals surface area contributed by atoms with Crippen LogP contribution in [0.4, 0.5) is 4.79 Å². The fourth-order valence-corrected chi connectivity index (χ4v) is 6.53. The molecule has 2 heterocycles. The highest BCUT2D eigenvalue weighted by Crippen LogP contribution is 2.51. The van der Waals surface area contributed by atoms with Gasteiger partial charge in [-0.05, 0) is 86.5 Å². The van der Waals surface area contributed by atoms with Gasteiger partial charge in [0.1, 0.15) is 5.75 Å². The average molecular weight is 552 g/mol. The van der Waals surface area contributed by atoms with Gasteiger partial charge in [0.05, 0.1) is 27.4 Å². The van der Waals surface area contributed by atoms with Crippen LogP contribution in [0, 0.1) is 0 Å². The van der Waals surface area contributed by atoms with Crippen LogP contribution in [0.5, 0.6) is 23.0 Å². The van der Waals surface area contributed by atoms with E-state index in [1.807, 2.05) is 29.2 Å². The van der Waals surface area contributed by atoms with Crippen molar-refractivity contribution in [3.05, 3.63) is 35.4 Å². The Kier molecular flexibility index (Phi) is 8.69. The minimum atomic E-state index is -0.300. The van der Waals surface area contributed by atoms with E-state index >= 15 is 0 Å². The Morgan fingerprint density at radius 3 is 2.25 bits per heavy atom. The van der Waals surface area contributed by atoms with Gasteiger partial charge in [0.2, 0.25) is 11.7 Å². The molecule has 2 amide bonds. The van der Waals surface area contributed by atoms with Gasteiger partial charge in [-0.15, -0.1) is 0 Å². The third kappa shape index (κ3) is 5.70. The maximum absolute atomic E-state index is 13.1. The van der Waals surface area contributed by atoms with E-state index in [-0.39, 0.29) is 18.0 Å². The van der Waals surface area contributed by atoms with Gasteiger partial charge >= 0.3 is 6.09 Å². The number of hydrogen-bond donors (Lipinski definition) is 1. The minimum Gasteiger partial charge on any atom is -0.493 e. The van der Waals surface area contributed by atoms with Gasteiger partial charge < -0.3 is 34.1 Å². The zero-order valence-electron chi connectivity index (χ0n) is 24.1. The van der Waals surface area contributed by atoms with Gasteiger partial charge in [0.15, 0.2) is 11.5 Å². The Morgan fingerprint density at radius 2 is 1.60 bits per heavy atom. The zero-order chi connectivity index (χ0) is 28.2. The fourth-order valence-electron chi connectivity index (χ4n) is 6.53. The highest BCUT2D eigenvalue weighted by Gasteiger charge is 2.32. The lowest BCUT2D eigenvalue weighted by atomic mass is 9.93. The Bertz CT molecular complexity index is 1230. The van der Waals surface area contributed by atoms with Gasteiger partial charge in [-0.25, -0.2) is 4.79 Å². The van der Waals surface area contributed by atoms with Gasteiger partial charge in [-0.1, -0.05) is 12.5 Å². The first-order valence-corrected chi connectivity index (χ1v) is 14.4. The summed E-state index contributed by atoms with van der Waals surface area (Å²) >= 11 is 0. The van der Waals surface area contributed by atoms with Crippen molar-refractivity contribution in [2.45, 2.75) is 64.0 Å². The number of carbonyl (C=O) groups excluding carboxylic acids is 2. The molecule has 2 aliphatic heterocycles. The van der Waals surface area contributed by atoms with Crippen molar-refractivity contribution in [2.24, 2.45) is 0 Å². The number of benzene rings is 2. The van der Waals surface area contributed by atoms with E-state index in [9.17, 15) is 9.59 Å². The minimum absolute atomic E-state index is 0.116. The van der Waals surface area contributed by atoms with Crippen LogP contribution in [-0.2, 0) is 11.2 Å². The van der Waals surface area contributed by atoms with Crippen LogP contribution in [0.2, 0.25) is 0 Å². The third-order valence-electron chi connectivity index (χ3n) is 8.50. The summed E-state index contributed by atoms with van der Waals surface area (Å²) in [6, 6.07) is 7.96. The molecule has 5 rings (SSSR count). The first kappa shape index (κ1) is 28.1. The summed E-state index contributed by atoms with van der Waals surface area (Å²) in [5, 5.41) is 3.08. The highest BCUT2D eigenvalue weighted by molar-refractivity contribution is 5.84. The van der Waals surface area contributed by atoms with Crippen LogP contribution in [0.3, 0.4) is 0 Å². The van der Waals surface area contributed by atoms with E-state index in [4.69, 9.17) is 18.9 Å². The quantitative estimate of drug-likeness (QED) is 0.543. The van der Waals surface area contributed by atoms with Crippen molar-refractivity contribution in [2.75, 3.05) is 47.5 Å². The topological polar surface area (TPSA) is 89.6 Å². The molecule has 2 saturated heterocycles. The molecule has 1 unspecified atom stereocenters. The smallest absolute Gasteiger partial charge is 0.415 e. The molecular weight excluding hydrogens is 510 g/mol. The van der Waals surface area contributed by atoms with Crippen LogP contribution in [0.15, 0.2) is 24.3 Å². The molecule has 2 aromatic rings. The van der Waals surface area contributed by atoms with E-state index in [2.05, 4.69) is 10.2 Å². The predicted molar refractivity (Wildman–Crippen MR) is 152 cm³/mol. The number of aryl methyl sites for hydroxylation is 1. The van der Waals surface area contributed by atoms with Crippen LogP contribution in [0.1, 0.15) is 62.6 Å². The fraction of sp³-hybridized carbons (Fsp3) is 0.548. The number of carbonyl (C=O) groups is 2. The summed E-state index contributed by atoms with van der Waals surface area (Å²) in [5.41, 5.74) is 3.69. The number of methoxy groups -OCH3 is 3. The number of ether oxygens (including phenoxy) is 4. The van der Waals surface area contributed by atoms with E-state index < -0.39 is 0 Å². The number of nitrogens with one attached hydrogen (secondary N) is 1. The van der Waals surface area contributed by atoms with Crippen LogP contribution in [0.25, 0.3) is 11.1 Å². The van der Waals surface area contributed by atoms with E-state index in [0.29, 0.717) is 41.9 Å². The SMILES string of the molecule is COc1cc2c(c(OC)c1OC)-c1ccc(OC(=O)N3CCC(N4CCCCC4)CC3)cc1CCC2NC(C)=O. The summed E-state index contributed by atoms with van der Waals surface area (Å²) in [7, 11) is 4.76. The Morgan fingerprint density at radius 1 is 0.875 bits per heavy atom. The Balaban J connectivity index is 1.38. The molecule has 1 aliphatic carbocycles. The van der Waals surface area contributed by atoms with Crippen molar-refractivity contribution in [3.63, 3.8) is 0 Å². The van der Waals surface area contributed by atoms with Gasteiger partial charge in [0.25, 0.3) is 0 Å². The molecule has 0 radical (unpaired) electrons. The van der Waals surface area contributed by atoms with Crippen molar-refractivity contribution >= 4 is 12.0 Å². The molecule has 40 heavy (non-hydrogen) atoms. The Labute approximate surface area is 236 Å². The average Bonchev–Trinajstić information content (AvgIpc) is 3.12. The molecule has 2 aromatic carbocycles. The van der Waals surface area contributed by atoms with Crippen LogP contribution >= 0.6 is 0 Å². The van der Waals surface area contributed by atoms with Crippen molar-refractivity contribution in [1.82, 2.24) is 15.1 Å². The molecule has 1 N–H and O–H groups in total. The normalized spacial score (nSPS) is 19.6. The number of nitrogens with zero attached hydrogens (tertiary/aromatic N) is 2. The summed E-state index contributed by atoms with van der Waals surface area (Å²) in [4.78, 5) is 29.6. The zero-order valence-corrected chi connectivity index (χ0v) is 24.1. The van der Waals surface area contributed by atoms with Crippen molar-refractivity contribution in [1.29, 1.82) is 0 Å². The highest BCUT2D eigenvalue weighted by atomic mass is 16.6. The first-order valence-electron chi connectivity index (χ1n) is 14.4. The molecule has 0 bridgehead atoms. The van der Waals surface area contributed by atoms with E-state index in [0.717, 1.165) is 48.2 Å². The van der Waals surface area contributed by atoms with Gasteiger partial charge in [-0.2, -0.15) is 0 Å². The number of likely N-dealkylation sites (tertiary alicyclic amines) is 2. The maximum Gasteiger partial charge on any atom is 0.415 e. The number of hydrogen-bond acceptors (Lipinski definition) is 7. The second-order valence-electron chi connectivity index (χ2n) is 10.9. The molecule has 2 fully saturated rings. The largest absolute Gasteiger partial charge is 0.493 e. The molecule has 9 nitrogen and oxygen atoms in total. The number of rotatable bonds is 6. The molecule has 216 valence electrons. The van der Waals surface area contributed by atoms with Crippen molar-refractivity contribution < 1.29 is 28.5 Å². The first-order chi connectivity index (χ1) is 19.4. The molecular formula is C31H41N3O6. The Hall–Kier alpha value is -3.46.